The molecule has 0 aliphatic heterocycles. The smallest absolute Gasteiger partial charge is 0.170 e. The van der Waals surface area contributed by atoms with E-state index < -0.39 is 0 Å². The van der Waals surface area contributed by atoms with Gasteiger partial charge in [0.25, 0.3) is 0 Å². The van der Waals surface area contributed by atoms with Gasteiger partial charge in [-0.2, -0.15) is 0 Å². The second kappa shape index (κ2) is 4.94. The van der Waals surface area contributed by atoms with E-state index in [2.05, 4.69) is 12.1 Å². The molecule has 3 unspecified atom stereocenters. The number of anilines is 1. The van der Waals surface area contributed by atoms with Crippen LogP contribution in [0.4, 0.5) is 5.82 Å². The first-order valence-electron chi connectivity index (χ1n) is 7.53. The van der Waals surface area contributed by atoms with Crippen LogP contribution in [-0.4, -0.2) is 5.16 Å². The van der Waals surface area contributed by atoms with E-state index in [4.69, 9.17) is 10.3 Å². The number of hydrogen-bond acceptors (Lipinski definition) is 3. The number of nitrogens with zero attached hydrogens (tertiary/aromatic N) is 1. The Labute approximate surface area is 109 Å². The monoisotopic (exact) mass is 248 g/mol. The fraction of sp³-hybridized carbons (Fsp3) is 0.800. The Morgan fingerprint density at radius 1 is 1.17 bits per heavy atom. The van der Waals surface area contributed by atoms with Gasteiger partial charge in [0.2, 0.25) is 0 Å². The SMILES string of the molecule is CCc1c(N)noc1C1CCC2CCCCC2C1. The first kappa shape index (κ1) is 12.1. The molecule has 0 bridgehead atoms. The molecule has 1 heterocycles. The van der Waals surface area contributed by atoms with Gasteiger partial charge in [-0.05, 0) is 37.5 Å². The minimum Gasteiger partial charge on any atom is -0.381 e. The van der Waals surface area contributed by atoms with Gasteiger partial charge in [-0.15, -0.1) is 0 Å². The van der Waals surface area contributed by atoms with Crippen molar-refractivity contribution in [3.63, 3.8) is 0 Å². The molecule has 2 saturated carbocycles. The predicted octanol–water partition coefficient (Wildman–Crippen LogP) is 3.89. The van der Waals surface area contributed by atoms with Gasteiger partial charge in [0.15, 0.2) is 5.82 Å². The van der Waals surface area contributed by atoms with Crippen molar-refractivity contribution in [1.29, 1.82) is 0 Å². The average molecular weight is 248 g/mol. The molecule has 1 aromatic rings. The molecule has 1 aromatic heterocycles. The molecule has 18 heavy (non-hydrogen) atoms. The second-order valence-corrected chi connectivity index (χ2v) is 6.08. The van der Waals surface area contributed by atoms with Crippen LogP contribution in [0.2, 0.25) is 0 Å². The van der Waals surface area contributed by atoms with Crippen LogP contribution in [0, 0.1) is 11.8 Å². The highest BCUT2D eigenvalue weighted by molar-refractivity contribution is 5.41. The van der Waals surface area contributed by atoms with Gasteiger partial charge in [-0.1, -0.05) is 37.8 Å². The van der Waals surface area contributed by atoms with Crippen LogP contribution in [-0.2, 0) is 6.42 Å². The highest BCUT2D eigenvalue weighted by atomic mass is 16.5. The second-order valence-electron chi connectivity index (χ2n) is 6.08. The van der Waals surface area contributed by atoms with Crippen molar-refractivity contribution in [2.45, 2.75) is 64.2 Å². The number of fused-ring (bicyclic) bond motifs is 1. The third-order valence-electron chi connectivity index (χ3n) is 5.11. The zero-order valence-corrected chi connectivity index (χ0v) is 11.3. The highest BCUT2D eigenvalue weighted by Gasteiger charge is 2.35. The standard InChI is InChI=1S/C15H24N2O/c1-2-13-14(18-17-15(13)16)12-8-7-10-5-3-4-6-11(10)9-12/h10-12H,2-9H2,1H3,(H2,16,17). The molecule has 0 spiro atoms. The summed E-state index contributed by atoms with van der Waals surface area (Å²) in [5.41, 5.74) is 7.05. The van der Waals surface area contributed by atoms with E-state index in [9.17, 15) is 0 Å². The lowest BCUT2D eigenvalue weighted by molar-refractivity contribution is 0.144. The summed E-state index contributed by atoms with van der Waals surface area (Å²) in [7, 11) is 0. The third kappa shape index (κ3) is 2.04. The maximum absolute atomic E-state index is 5.89. The van der Waals surface area contributed by atoms with Crippen LogP contribution >= 0.6 is 0 Å². The van der Waals surface area contributed by atoms with Gasteiger partial charge in [-0.3, -0.25) is 0 Å². The molecule has 2 N–H and O–H groups in total. The fourth-order valence-electron chi connectivity index (χ4n) is 4.12. The Bertz CT molecular complexity index is 413. The van der Waals surface area contributed by atoms with Crippen LogP contribution in [0.25, 0.3) is 0 Å². The third-order valence-corrected chi connectivity index (χ3v) is 5.11. The fourth-order valence-corrected chi connectivity index (χ4v) is 4.12. The summed E-state index contributed by atoms with van der Waals surface area (Å²) in [6.45, 7) is 2.14. The van der Waals surface area contributed by atoms with E-state index in [1.165, 1.54) is 44.9 Å². The van der Waals surface area contributed by atoms with Gasteiger partial charge >= 0.3 is 0 Å². The van der Waals surface area contributed by atoms with Gasteiger partial charge < -0.3 is 10.3 Å². The molecular formula is C15H24N2O. The predicted molar refractivity (Wildman–Crippen MR) is 72.3 cm³/mol. The molecule has 0 saturated heterocycles. The number of nitrogens with two attached hydrogens (primary N) is 1. The maximum atomic E-state index is 5.89. The Hall–Kier alpha value is -0.990. The topological polar surface area (TPSA) is 52.0 Å². The molecule has 100 valence electrons. The van der Waals surface area contributed by atoms with Crippen LogP contribution in [0.5, 0.6) is 0 Å². The lowest BCUT2D eigenvalue weighted by Crippen LogP contribution is -2.27. The van der Waals surface area contributed by atoms with E-state index in [-0.39, 0.29) is 0 Å². The summed E-state index contributed by atoms with van der Waals surface area (Å²) < 4.78 is 5.53. The maximum Gasteiger partial charge on any atom is 0.170 e. The van der Waals surface area contributed by atoms with Crippen molar-refractivity contribution in [3.05, 3.63) is 11.3 Å². The van der Waals surface area contributed by atoms with Gasteiger partial charge in [0, 0.05) is 11.5 Å². The highest BCUT2D eigenvalue weighted by Crippen LogP contribution is 2.47. The van der Waals surface area contributed by atoms with E-state index in [0.717, 1.165) is 29.6 Å². The molecule has 3 nitrogen and oxygen atoms in total. The van der Waals surface area contributed by atoms with Gasteiger partial charge in [0.1, 0.15) is 5.76 Å². The zero-order chi connectivity index (χ0) is 12.5. The van der Waals surface area contributed by atoms with Gasteiger partial charge in [-0.25, -0.2) is 0 Å². The van der Waals surface area contributed by atoms with Crippen molar-refractivity contribution >= 4 is 5.82 Å². The van der Waals surface area contributed by atoms with Crippen LogP contribution in [0.3, 0.4) is 0 Å². The molecule has 2 aliphatic rings. The minimum atomic E-state index is 0.573. The molecule has 0 radical (unpaired) electrons. The van der Waals surface area contributed by atoms with E-state index in [1.807, 2.05) is 0 Å². The Kier molecular flexibility index (Phi) is 3.31. The quantitative estimate of drug-likeness (QED) is 0.863. The summed E-state index contributed by atoms with van der Waals surface area (Å²) in [5, 5.41) is 3.97. The van der Waals surface area contributed by atoms with Crippen LogP contribution in [0.15, 0.2) is 4.52 Å². The zero-order valence-electron chi connectivity index (χ0n) is 11.3. The first-order valence-corrected chi connectivity index (χ1v) is 7.53. The average Bonchev–Trinajstić information content (AvgIpc) is 2.79. The number of aromatic nitrogens is 1. The van der Waals surface area contributed by atoms with E-state index in [0.29, 0.717) is 11.7 Å². The van der Waals surface area contributed by atoms with Gasteiger partial charge in [0.05, 0.1) is 0 Å². The van der Waals surface area contributed by atoms with Crippen molar-refractivity contribution < 1.29 is 4.52 Å². The van der Waals surface area contributed by atoms with Crippen molar-refractivity contribution in [1.82, 2.24) is 5.16 Å². The summed E-state index contributed by atoms with van der Waals surface area (Å²) in [4.78, 5) is 0. The summed E-state index contributed by atoms with van der Waals surface area (Å²) in [6.07, 6.45) is 10.6. The minimum absolute atomic E-state index is 0.573. The molecule has 2 fully saturated rings. The Morgan fingerprint density at radius 2 is 1.94 bits per heavy atom. The molecule has 0 amide bonds. The van der Waals surface area contributed by atoms with Crippen LogP contribution < -0.4 is 5.73 Å². The van der Waals surface area contributed by atoms with E-state index in [1.54, 1.807) is 0 Å². The molecule has 3 rings (SSSR count). The first-order chi connectivity index (χ1) is 8.79. The van der Waals surface area contributed by atoms with Crippen molar-refractivity contribution in [3.8, 4) is 0 Å². The van der Waals surface area contributed by atoms with Crippen molar-refractivity contribution in [2.75, 3.05) is 5.73 Å². The Morgan fingerprint density at radius 3 is 2.72 bits per heavy atom. The van der Waals surface area contributed by atoms with E-state index >= 15 is 0 Å². The lowest BCUT2D eigenvalue weighted by atomic mass is 9.67. The molecule has 2 aliphatic carbocycles. The number of nitrogen functional groups attached to an aromatic ring is 1. The van der Waals surface area contributed by atoms with Crippen LogP contribution in [0.1, 0.15) is 69.1 Å². The Balaban J connectivity index is 1.77. The number of rotatable bonds is 2. The molecule has 3 atom stereocenters. The van der Waals surface area contributed by atoms with Crippen molar-refractivity contribution in [2.24, 2.45) is 11.8 Å². The summed E-state index contributed by atoms with van der Waals surface area (Å²) in [5.74, 6) is 4.19. The summed E-state index contributed by atoms with van der Waals surface area (Å²) >= 11 is 0. The molecule has 0 aromatic carbocycles. The molecular weight excluding hydrogens is 224 g/mol. The summed E-state index contributed by atoms with van der Waals surface area (Å²) in [6, 6.07) is 0. The normalized spacial score (nSPS) is 32.2. The largest absolute Gasteiger partial charge is 0.381 e. The number of hydrogen-bond donors (Lipinski definition) is 1. The molecule has 3 heteroatoms. The lowest BCUT2D eigenvalue weighted by Gasteiger charge is -2.38.